The van der Waals surface area contributed by atoms with Crippen LogP contribution in [-0.4, -0.2) is 27.6 Å². The second-order valence-corrected chi connectivity index (χ2v) is 9.39. The molecule has 3 aromatic carbocycles. The van der Waals surface area contributed by atoms with Crippen molar-refractivity contribution in [2.24, 2.45) is 0 Å². The molecule has 0 radical (unpaired) electrons. The molecule has 1 amide bonds. The lowest BCUT2D eigenvalue weighted by molar-refractivity contribution is 0.0730. The first-order chi connectivity index (χ1) is 17.5. The van der Waals surface area contributed by atoms with E-state index in [1.807, 2.05) is 48.5 Å². The molecule has 1 atom stereocenters. The topological polar surface area (TPSA) is 58.2 Å². The molecular weight excluding hydrogens is 477 g/mol. The second kappa shape index (κ2) is 10.5. The van der Waals surface area contributed by atoms with Gasteiger partial charge in [-0.25, -0.2) is 4.39 Å². The molecule has 36 heavy (non-hydrogen) atoms. The molecule has 0 bridgehead atoms. The van der Waals surface area contributed by atoms with Crippen LogP contribution in [-0.2, 0) is 6.54 Å². The Bertz CT molecular complexity index is 1330. The number of ether oxygens (including phenoxy) is 1. The maximum atomic E-state index is 13.6. The van der Waals surface area contributed by atoms with Gasteiger partial charge in [0, 0.05) is 22.7 Å². The Kier molecular flexibility index (Phi) is 7.05. The summed E-state index contributed by atoms with van der Waals surface area (Å²) in [5.41, 5.74) is 4.65. The van der Waals surface area contributed by atoms with E-state index in [0.29, 0.717) is 29.6 Å². The first-order valence-corrected chi connectivity index (χ1v) is 12.6. The number of aromatic nitrogens is 2. The Hall–Kier alpha value is -3.64. The fraction of sp³-hybridized carbons (Fsp3) is 0.241. The molecular formula is C29H27ClFN3O2. The van der Waals surface area contributed by atoms with Crippen LogP contribution in [0.15, 0.2) is 72.8 Å². The van der Waals surface area contributed by atoms with Crippen molar-refractivity contribution in [2.75, 3.05) is 6.61 Å². The minimum atomic E-state index is -0.365. The Morgan fingerprint density at radius 2 is 1.72 bits per heavy atom. The molecule has 1 aliphatic heterocycles. The summed E-state index contributed by atoms with van der Waals surface area (Å²) in [6.07, 6.45) is 3.30. The Morgan fingerprint density at radius 3 is 2.42 bits per heavy atom. The largest absolute Gasteiger partial charge is 0.494 e. The Morgan fingerprint density at radius 1 is 1.00 bits per heavy atom. The first kappa shape index (κ1) is 24.1. The van der Waals surface area contributed by atoms with E-state index in [1.54, 1.807) is 17.0 Å². The van der Waals surface area contributed by atoms with E-state index in [4.69, 9.17) is 16.3 Å². The summed E-state index contributed by atoms with van der Waals surface area (Å²) in [7, 11) is 0. The Balaban J connectivity index is 1.51. The van der Waals surface area contributed by atoms with E-state index in [2.05, 4.69) is 17.1 Å². The lowest BCUT2D eigenvalue weighted by Crippen LogP contribution is -2.29. The van der Waals surface area contributed by atoms with Crippen LogP contribution in [0, 0.1) is 5.82 Å². The summed E-state index contributed by atoms with van der Waals surface area (Å²) < 4.78 is 19.4. The van der Waals surface area contributed by atoms with Crippen molar-refractivity contribution in [3.05, 3.63) is 106 Å². The van der Waals surface area contributed by atoms with Gasteiger partial charge < -0.3 is 9.64 Å². The average molecular weight is 504 g/mol. The van der Waals surface area contributed by atoms with Crippen LogP contribution >= 0.6 is 11.6 Å². The molecule has 1 unspecified atom stereocenters. The lowest BCUT2D eigenvalue weighted by Gasteiger charge is -2.26. The zero-order valence-electron chi connectivity index (χ0n) is 20.0. The number of rotatable bonds is 9. The predicted molar refractivity (Wildman–Crippen MR) is 139 cm³/mol. The van der Waals surface area contributed by atoms with Crippen LogP contribution in [0.4, 0.5) is 4.39 Å². The van der Waals surface area contributed by atoms with Gasteiger partial charge in [0.15, 0.2) is 0 Å². The number of nitrogens with one attached hydrogen (secondary N) is 1. The van der Waals surface area contributed by atoms with Crippen molar-refractivity contribution in [3.8, 4) is 17.0 Å². The minimum absolute atomic E-state index is 0.146. The quantitative estimate of drug-likeness (QED) is 0.246. The molecule has 0 spiro atoms. The van der Waals surface area contributed by atoms with Crippen LogP contribution in [0.3, 0.4) is 0 Å². The third kappa shape index (κ3) is 4.86. The molecule has 4 aromatic rings. The third-order valence-electron chi connectivity index (χ3n) is 6.46. The number of halogens is 2. The highest BCUT2D eigenvalue weighted by Crippen LogP contribution is 2.43. The van der Waals surface area contributed by atoms with Crippen molar-refractivity contribution in [1.29, 1.82) is 0 Å². The van der Waals surface area contributed by atoms with Crippen molar-refractivity contribution in [3.63, 3.8) is 0 Å². The van der Waals surface area contributed by atoms with Gasteiger partial charge in [0.1, 0.15) is 17.3 Å². The smallest absolute Gasteiger partial charge is 0.273 e. The number of aromatic amines is 1. The summed E-state index contributed by atoms with van der Waals surface area (Å²) in [6, 6.07) is 21.2. The zero-order chi connectivity index (χ0) is 25.1. The van der Waals surface area contributed by atoms with Crippen molar-refractivity contribution in [1.82, 2.24) is 15.1 Å². The van der Waals surface area contributed by atoms with Crippen molar-refractivity contribution < 1.29 is 13.9 Å². The summed E-state index contributed by atoms with van der Waals surface area (Å²) in [5, 5.41) is 8.10. The van der Waals surface area contributed by atoms with Crippen LogP contribution < -0.4 is 4.74 Å². The molecule has 2 heterocycles. The predicted octanol–water partition coefficient (Wildman–Crippen LogP) is 7.18. The SMILES string of the molecule is CCCCCOc1ccc(C2c3c(-c4ccc(Cl)cc4)n[nH]c3C(=O)N2Cc2ccc(F)cc2)cc1. The molecule has 5 rings (SSSR count). The van der Waals surface area contributed by atoms with Crippen LogP contribution in [0.2, 0.25) is 5.02 Å². The number of carbonyl (C=O) groups excluding carboxylic acids is 1. The number of hydrogen-bond donors (Lipinski definition) is 1. The van der Waals surface area contributed by atoms with Crippen LogP contribution in [0.1, 0.15) is 59.4 Å². The summed E-state index contributed by atoms with van der Waals surface area (Å²) in [4.78, 5) is 15.4. The number of H-pyrrole nitrogens is 1. The number of nitrogens with zero attached hydrogens (tertiary/aromatic N) is 2. The molecule has 7 heteroatoms. The standard InChI is InChI=1S/C29H27ClFN3O2/c1-2-3-4-17-36-24-15-9-21(10-16-24)28-25-26(20-7-11-22(30)12-8-20)32-33-27(25)29(35)34(28)18-19-5-13-23(31)14-6-19/h5-16,28H,2-4,17-18H2,1H3,(H,32,33). The number of benzene rings is 3. The van der Waals surface area contributed by atoms with Gasteiger partial charge in [-0.15, -0.1) is 0 Å². The molecule has 1 aromatic heterocycles. The number of hydrogen-bond acceptors (Lipinski definition) is 3. The highest BCUT2D eigenvalue weighted by Gasteiger charge is 2.42. The molecule has 0 saturated carbocycles. The van der Waals surface area contributed by atoms with Crippen LogP contribution in [0.5, 0.6) is 5.75 Å². The van der Waals surface area contributed by atoms with Gasteiger partial charge in [-0.3, -0.25) is 9.89 Å². The number of unbranched alkanes of at least 4 members (excludes halogenated alkanes) is 2. The summed E-state index contributed by atoms with van der Waals surface area (Å²) in [5.74, 6) is 0.346. The normalized spacial score (nSPS) is 14.8. The maximum absolute atomic E-state index is 13.6. The molecule has 5 nitrogen and oxygen atoms in total. The molecule has 0 fully saturated rings. The fourth-order valence-corrected chi connectivity index (χ4v) is 4.74. The fourth-order valence-electron chi connectivity index (χ4n) is 4.61. The van der Waals surface area contributed by atoms with Gasteiger partial charge in [-0.05, 0) is 53.9 Å². The monoisotopic (exact) mass is 503 g/mol. The minimum Gasteiger partial charge on any atom is -0.494 e. The van der Waals surface area contributed by atoms with Gasteiger partial charge >= 0.3 is 0 Å². The van der Waals surface area contributed by atoms with Gasteiger partial charge in [0.2, 0.25) is 0 Å². The molecule has 0 aliphatic carbocycles. The van der Waals surface area contributed by atoms with Gasteiger partial charge in [0.05, 0.1) is 18.3 Å². The molecule has 1 aliphatic rings. The lowest BCUT2D eigenvalue weighted by atomic mass is 9.96. The van der Waals surface area contributed by atoms with E-state index in [9.17, 15) is 9.18 Å². The van der Waals surface area contributed by atoms with E-state index >= 15 is 0 Å². The molecule has 184 valence electrons. The van der Waals surface area contributed by atoms with E-state index in [0.717, 1.165) is 47.3 Å². The maximum Gasteiger partial charge on any atom is 0.273 e. The Labute approximate surface area is 214 Å². The summed E-state index contributed by atoms with van der Waals surface area (Å²) in [6.45, 7) is 3.18. The molecule has 1 N–H and O–H groups in total. The number of carbonyl (C=O) groups is 1. The number of amides is 1. The first-order valence-electron chi connectivity index (χ1n) is 12.2. The second-order valence-electron chi connectivity index (χ2n) is 8.95. The number of fused-ring (bicyclic) bond motifs is 1. The van der Waals surface area contributed by atoms with Gasteiger partial charge in [-0.2, -0.15) is 5.10 Å². The summed E-state index contributed by atoms with van der Waals surface area (Å²) >= 11 is 6.10. The zero-order valence-corrected chi connectivity index (χ0v) is 20.8. The highest BCUT2D eigenvalue weighted by atomic mass is 35.5. The van der Waals surface area contributed by atoms with E-state index < -0.39 is 0 Å². The van der Waals surface area contributed by atoms with Crippen LogP contribution in [0.25, 0.3) is 11.3 Å². The highest BCUT2D eigenvalue weighted by molar-refractivity contribution is 6.30. The van der Waals surface area contributed by atoms with Gasteiger partial charge in [-0.1, -0.05) is 67.8 Å². The third-order valence-corrected chi connectivity index (χ3v) is 6.71. The van der Waals surface area contributed by atoms with Gasteiger partial charge in [0.25, 0.3) is 5.91 Å². The molecule has 0 saturated heterocycles. The van der Waals surface area contributed by atoms with E-state index in [1.165, 1.54) is 12.1 Å². The van der Waals surface area contributed by atoms with Crippen molar-refractivity contribution in [2.45, 2.75) is 38.8 Å². The van der Waals surface area contributed by atoms with E-state index in [-0.39, 0.29) is 17.8 Å². The average Bonchev–Trinajstić information content (AvgIpc) is 3.43. The van der Waals surface area contributed by atoms with Crippen molar-refractivity contribution >= 4 is 17.5 Å².